The molecule has 3 heteroatoms. The summed E-state index contributed by atoms with van der Waals surface area (Å²) in [5, 5.41) is 12.2. The van der Waals surface area contributed by atoms with E-state index in [1.54, 1.807) is 0 Å². The summed E-state index contributed by atoms with van der Waals surface area (Å²) in [5.74, 6) is 0. The highest BCUT2D eigenvalue weighted by molar-refractivity contribution is 5.85. The van der Waals surface area contributed by atoms with Gasteiger partial charge in [0.2, 0.25) is 0 Å². The smallest absolute Gasteiger partial charge is 0.0489 e. The topological polar surface area (TPSA) is 32.3 Å². The molecule has 0 saturated heterocycles. The molecule has 3 aliphatic rings. The molecule has 0 heterocycles. The van der Waals surface area contributed by atoms with Crippen LogP contribution in [0.1, 0.15) is 19.3 Å². The number of aliphatic hydroxyl groups excluding tert-OH is 1. The van der Waals surface area contributed by atoms with Crippen molar-refractivity contribution in [2.24, 2.45) is 5.41 Å². The van der Waals surface area contributed by atoms with Gasteiger partial charge in [0.1, 0.15) is 0 Å². The van der Waals surface area contributed by atoms with Crippen molar-refractivity contribution in [2.75, 3.05) is 13.7 Å². The van der Waals surface area contributed by atoms with Crippen molar-refractivity contribution in [2.45, 2.75) is 24.8 Å². The van der Waals surface area contributed by atoms with Crippen molar-refractivity contribution in [1.29, 1.82) is 0 Å². The Hall–Kier alpha value is 0.210. The maximum Gasteiger partial charge on any atom is 0.0489 e. The fourth-order valence-corrected chi connectivity index (χ4v) is 2.43. The number of halogens is 1. The molecule has 10 heavy (non-hydrogen) atoms. The highest BCUT2D eigenvalue weighted by Crippen LogP contribution is 2.66. The van der Waals surface area contributed by atoms with Gasteiger partial charge in [0.15, 0.2) is 0 Å². The second-order valence-electron chi connectivity index (χ2n) is 3.72. The van der Waals surface area contributed by atoms with Gasteiger partial charge in [-0.15, -0.1) is 12.4 Å². The summed E-state index contributed by atoms with van der Waals surface area (Å²) < 4.78 is 0. The van der Waals surface area contributed by atoms with Gasteiger partial charge in [-0.1, -0.05) is 0 Å². The minimum atomic E-state index is 0. The number of nitrogens with one attached hydrogen (secondary N) is 1. The molecule has 0 aromatic carbocycles. The summed E-state index contributed by atoms with van der Waals surface area (Å²) in [5.41, 5.74) is 0.825. The minimum absolute atomic E-state index is 0. The molecule has 3 aliphatic carbocycles. The second-order valence-corrected chi connectivity index (χ2v) is 3.72. The van der Waals surface area contributed by atoms with Gasteiger partial charge < -0.3 is 10.4 Å². The second kappa shape index (κ2) is 2.10. The molecule has 3 fully saturated rings. The van der Waals surface area contributed by atoms with Gasteiger partial charge in [-0.2, -0.15) is 0 Å². The molecule has 0 radical (unpaired) electrons. The summed E-state index contributed by atoms with van der Waals surface area (Å²) in [6, 6.07) is 0. The Morgan fingerprint density at radius 1 is 1.40 bits per heavy atom. The van der Waals surface area contributed by atoms with Crippen LogP contribution in [0.3, 0.4) is 0 Å². The monoisotopic (exact) mass is 163 g/mol. The van der Waals surface area contributed by atoms with Gasteiger partial charge in [0.25, 0.3) is 0 Å². The number of hydrogen-bond donors (Lipinski definition) is 2. The van der Waals surface area contributed by atoms with Crippen LogP contribution in [-0.4, -0.2) is 24.3 Å². The average Bonchev–Trinajstić information content (AvgIpc) is 1.62. The first-order valence-electron chi connectivity index (χ1n) is 3.54. The van der Waals surface area contributed by atoms with Crippen molar-refractivity contribution >= 4 is 12.4 Å². The predicted molar refractivity (Wildman–Crippen MR) is 42.4 cm³/mol. The van der Waals surface area contributed by atoms with E-state index in [0.717, 1.165) is 0 Å². The Kier molecular flexibility index (Phi) is 1.74. The van der Waals surface area contributed by atoms with E-state index >= 15 is 0 Å². The van der Waals surface area contributed by atoms with Gasteiger partial charge in [0.05, 0.1) is 0 Å². The van der Waals surface area contributed by atoms with E-state index < -0.39 is 0 Å². The maximum absolute atomic E-state index is 8.87. The Labute approximate surface area is 67.4 Å². The molecule has 3 saturated carbocycles. The van der Waals surface area contributed by atoms with Crippen LogP contribution in [-0.2, 0) is 0 Å². The molecule has 0 amide bonds. The molecule has 0 aromatic heterocycles. The lowest BCUT2D eigenvalue weighted by Gasteiger charge is -2.70. The minimum Gasteiger partial charge on any atom is -0.396 e. The Bertz CT molecular complexity index is 115. The Balaban J connectivity index is 0.000000500. The SMILES string of the molecule is CNC12CC(CO)(C1)C2.Cl. The fourth-order valence-electron chi connectivity index (χ4n) is 2.43. The van der Waals surface area contributed by atoms with Gasteiger partial charge >= 0.3 is 0 Å². The van der Waals surface area contributed by atoms with Crippen LogP contribution in [0, 0.1) is 5.41 Å². The van der Waals surface area contributed by atoms with E-state index in [-0.39, 0.29) is 12.4 Å². The van der Waals surface area contributed by atoms with Crippen LogP contribution in [0.25, 0.3) is 0 Å². The van der Waals surface area contributed by atoms with Crippen molar-refractivity contribution in [3.05, 3.63) is 0 Å². The Morgan fingerprint density at radius 3 is 2.20 bits per heavy atom. The van der Waals surface area contributed by atoms with Crippen LogP contribution < -0.4 is 5.32 Å². The standard InChI is InChI=1S/C7H13NO.ClH/c1-8-7-2-6(3-7,4-7)5-9;/h8-9H,2-5H2,1H3;1H. The molecule has 0 aliphatic heterocycles. The molecule has 2 N–H and O–H groups in total. The molecule has 0 aromatic rings. The molecule has 60 valence electrons. The largest absolute Gasteiger partial charge is 0.396 e. The van der Waals surface area contributed by atoms with Crippen molar-refractivity contribution in [3.63, 3.8) is 0 Å². The summed E-state index contributed by atoms with van der Waals surface area (Å²) in [6.45, 7) is 0.399. The van der Waals surface area contributed by atoms with Crippen LogP contribution >= 0.6 is 12.4 Å². The van der Waals surface area contributed by atoms with E-state index in [9.17, 15) is 0 Å². The maximum atomic E-state index is 8.87. The summed E-state index contributed by atoms with van der Waals surface area (Å²) in [7, 11) is 2.01. The molecule has 3 rings (SSSR count). The number of rotatable bonds is 2. The fraction of sp³-hybridized carbons (Fsp3) is 1.00. The van der Waals surface area contributed by atoms with Crippen molar-refractivity contribution in [1.82, 2.24) is 5.32 Å². The molecular weight excluding hydrogens is 150 g/mol. The van der Waals surface area contributed by atoms with Gasteiger partial charge in [-0.3, -0.25) is 0 Å². The highest BCUT2D eigenvalue weighted by Gasteiger charge is 2.66. The summed E-state index contributed by atoms with van der Waals surface area (Å²) in [4.78, 5) is 0. The lowest BCUT2D eigenvalue weighted by Crippen LogP contribution is -2.74. The van der Waals surface area contributed by atoms with Gasteiger partial charge in [-0.25, -0.2) is 0 Å². The summed E-state index contributed by atoms with van der Waals surface area (Å²) in [6.07, 6.45) is 3.60. The van der Waals surface area contributed by atoms with E-state index in [4.69, 9.17) is 5.11 Å². The molecule has 2 nitrogen and oxygen atoms in total. The zero-order valence-corrected chi connectivity index (χ0v) is 7.00. The van der Waals surface area contributed by atoms with Crippen LogP contribution in [0.15, 0.2) is 0 Å². The third kappa shape index (κ3) is 0.728. The summed E-state index contributed by atoms with van der Waals surface area (Å²) >= 11 is 0. The third-order valence-corrected chi connectivity index (χ3v) is 3.01. The van der Waals surface area contributed by atoms with E-state index in [1.807, 2.05) is 7.05 Å². The molecule has 0 atom stereocenters. The number of hydrogen-bond acceptors (Lipinski definition) is 2. The zero-order valence-electron chi connectivity index (χ0n) is 6.18. The normalized spacial score (nSPS) is 48.6. The van der Waals surface area contributed by atoms with Gasteiger partial charge in [0, 0.05) is 12.1 Å². The molecule has 2 bridgehead atoms. The zero-order chi connectivity index (χ0) is 6.54. The van der Waals surface area contributed by atoms with Crippen LogP contribution in [0.2, 0.25) is 0 Å². The number of aliphatic hydroxyl groups is 1. The van der Waals surface area contributed by atoms with Gasteiger partial charge in [-0.05, 0) is 31.7 Å². The first kappa shape index (κ1) is 8.31. The Morgan fingerprint density at radius 2 is 1.90 bits per heavy atom. The molecule has 0 spiro atoms. The van der Waals surface area contributed by atoms with E-state index in [1.165, 1.54) is 19.3 Å². The third-order valence-electron chi connectivity index (χ3n) is 3.01. The predicted octanol–water partition coefficient (Wildman–Crippen LogP) is 0.543. The van der Waals surface area contributed by atoms with Crippen molar-refractivity contribution in [3.8, 4) is 0 Å². The quantitative estimate of drug-likeness (QED) is 0.623. The van der Waals surface area contributed by atoms with Crippen molar-refractivity contribution < 1.29 is 5.11 Å². The molecular formula is C7H14ClNO. The average molecular weight is 164 g/mol. The molecule has 0 unspecified atom stereocenters. The van der Waals surface area contributed by atoms with E-state index in [2.05, 4.69) is 5.32 Å². The van der Waals surface area contributed by atoms with Crippen LogP contribution in [0.5, 0.6) is 0 Å². The highest BCUT2D eigenvalue weighted by atomic mass is 35.5. The lowest BCUT2D eigenvalue weighted by molar-refractivity contribution is -0.175. The lowest BCUT2D eigenvalue weighted by atomic mass is 9.40. The van der Waals surface area contributed by atoms with Crippen LogP contribution in [0.4, 0.5) is 0 Å². The first-order valence-corrected chi connectivity index (χ1v) is 3.54. The first-order chi connectivity index (χ1) is 4.24. The van der Waals surface area contributed by atoms with E-state index in [0.29, 0.717) is 17.6 Å².